The third kappa shape index (κ3) is 2.67. The van der Waals surface area contributed by atoms with Crippen molar-refractivity contribution in [3.63, 3.8) is 0 Å². The maximum atomic E-state index is 12.2. The third-order valence-corrected chi connectivity index (χ3v) is 3.25. The molecule has 2 heterocycles. The van der Waals surface area contributed by atoms with Gasteiger partial charge < -0.3 is 4.57 Å². The second kappa shape index (κ2) is 5.58. The summed E-state index contributed by atoms with van der Waals surface area (Å²) in [6.07, 6.45) is 4.92. The highest BCUT2D eigenvalue weighted by Gasteiger charge is 2.11. The molecule has 0 spiro atoms. The molecule has 5 heteroatoms. The summed E-state index contributed by atoms with van der Waals surface area (Å²) in [5.74, 6) is -0.242. The van der Waals surface area contributed by atoms with Crippen LogP contribution >= 0.6 is 0 Å². The van der Waals surface area contributed by atoms with Crippen LogP contribution < -0.4 is 5.43 Å². The summed E-state index contributed by atoms with van der Waals surface area (Å²) in [4.78, 5) is 16.1. The third-order valence-electron chi connectivity index (χ3n) is 3.25. The van der Waals surface area contributed by atoms with Gasteiger partial charge in [0.1, 0.15) is 5.69 Å². The zero-order valence-electron chi connectivity index (χ0n) is 11.5. The molecule has 0 atom stereocenters. The van der Waals surface area contributed by atoms with E-state index in [0.717, 1.165) is 16.5 Å². The summed E-state index contributed by atoms with van der Waals surface area (Å²) in [6.45, 7) is 0. The van der Waals surface area contributed by atoms with Crippen LogP contribution in [0, 0.1) is 0 Å². The number of pyridine rings is 1. The van der Waals surface area contributed by atoms with Gasteiger partial charge in [-0.15, -0.1) is 0 Å². The first-order chi connectivity index (χ1) is 10.3. The molecule has 0 aliphatic heterocycles. The fourth-order valence-electron chi connectivity index (χ4n) is 2.18. The highest BCUT2D eigenvalue weighted by molar-refractivity contribution is 5.99. The largest absolute Gasteiger partial charge is 0.340 e. The van der Waals surface area contributed by atoms with E-state index in [9.17, 15) is 4.79 Å². The fourth-order valence-corrected chi connectivity index (χ4v) is 2.18. The minimum atomic E-state index is -0.242. The first kappa shape index (κ1) is 13.1. The summed E-state index contributed by atoms with van der Waals surface area (Å²) >= 11 is 0. The number of aromatic nitrogens is 2. The molecule has 3 rings (SSSR count). The molecule has 0 radical (unpaired) electrons. The average molecular weight is 278 g/mol. The number of nitrogens with one attached hydrogen (secondary N) is 1. The molecule has 0 aliphatic rings. The van der Waals surface area contributed by atoms with Crippen molar-refractivity contribution in [2.24, 2.45) is 12.1 Å². The minimum Gasteiger partial charge on any atom is -0.340 e. The molecule has 0 aliphatic carbocycles. The van der Waals surface area contributed by atoms with Gasteiger partial charge in [0.2, 0.25) is 0 Å². The van der Waals surface area contributed by atoms with Crippen LogP contribution in [0.15, 0.2) is 60.0 Å². The van der Waals surface area contributed by atoms with Gasteiger partial charge in [0.25, 0.3) is 5.91 Å². The molecule has 0 bridgehead atoms. The van der Waals surface area contributed by atoms with E-state index in [1.165, 1.54) is 0 Å². The van der Waals surface area contributed by atoms with E-state index in [4.69, 9.17) is 0 Å². The van der Waals surface area contributed by atoms with Crippen molar-refractivity contribution in [3.8, 4) is 0 Å². The van der Waals surface area contributed by atoms with E-state index in [2.05, 4.69) is 15.5 Å². The highest BCUT2D eigenvalue weighted by atomic mass is 16.2. The van der Waals surface area contributed by atoms with Crippen molar-refractivity contribution in [2.75, 3.05) is 0 Å². The van der Waals surface area contributed by atoms with Gasteiger partial charge in [-0.3, -0.25) is 9.78 Å². The molecule has 0 unspecified atom stereocenters. The van der Waals surface area contributed by atoms with Gasteiger partial charge >= 0.3 is 0 Å². The smallest absolute Gasteiger partial charge is 0.287 e. The van der Waals surface area contributed by atoms with Crippen LogP contribution in [0.4, 0.5) is 0 Å². The number of hydrogen-bond acceptors (Lipinski definition) is 3. The Kier molecular flexibility index (Phi) is 3.47. The normalized spacial score (nSPS) is 11.1. The minimum absolute atomic E-state index is 0.242. The standard InChI is InChI=1S/C16H14N4O/c1-20-14-7-3-2-6-13(14)9-15(20)16(21)19-18-11-12-5-4-8-17-10-12/h2-11H,1H3,(H,19,21)/b18-11+. The summed E-state index contributed by atoms with van der Waals surface area (Å²) in [5.41, 5.74) is 4.94. The number of rotatable bonds is 3. The topological polar surface area (TPSA) is 59.3 Å². The lowest BCUT2D eigenvalue weighted by atomic mass is 10.2. The zero-order valence-corrected chi connectivity index (χ0v) is 11.5. The number of hydrogen-bond donors (Lipinski definition) is 1. The molecule has 0 fully saturated rings. The molecule has 104 valence electrons. The number of fused-ring (bicyclic) bond motifs is 1. The maximum Gasteiger partial charge on any atom is 0.287 e. The molecular weight excluding hydrogens is 264 g/mol. The first-order valence-corrected chi connectivity index (χ1v) is 6.53. The lowest BCUT2D eigenvalue weighted by Gasteiger charge is -2.02. The number of carbonyl (C=O) groups is 1. The molecule has 0 saturated carbocycles. The Bertz CT molecular complexity index is 806. The van der Waals surface area contributed by atoms with E-state index in [-0.39, 0.29) is 5.91 Å². The lowest BCUT2D eigenvalue weighted by molar-refractivity contribution is 0.0947. The Morgan fingerprint density at radius 2 is 2.14 bits per heavy atom. The van der Waals surface area contributed by atoms with Crippen LogP contribution in [0.25, 0.3) is 10.9 Å². The van der Waals surface area contributed by atoms with Crippen LogP contribution in [0.2, 0.25) is 0 Å². The van der Waals surface area contributed by atoms with Crippen LogP contribution in [0.5, 0.6) is 0 Å². The number of nitrogens with zero attached hydrogens (tertiary/aromatic N) is 3. The van der Waals surface area contributed by atoms with Gasteiger partial charge in [-0.05, 0) is 18.2 Å². The molecule has 1 N–H and O–H groups in total. The van der Waals surface area contributed by atoms with Crippen LogP contribution in [0.3, 0.4) is 0 Å². The van der Waals surface area contributed by atoms with Gasteiger partial charge in [-0.25, -0.2) is 5.43 Å². The Morgan fingerprint density at radius 3 is 2.90 bits per heavy atom. The van der Waals surface area contributed by atoms with Gasteiger partial charge in [0.05, 0.1) is 6.21 Å². The Hall–Kier alpha value is -2.95. The molecule has 0 saturated heterocycles. The molecule has 3 aromatic rings. The summed E-state index contributed by atoms with van der Waals surface area (Å²) in [5, 5.41) is 4.98. The van der Waals surface area contributed by atoms with Gasteiger partial charge in [-0.1, -0.05) is 24.3 Å². The molecule has 1 aromatic carbocycles. The molecule has 2 aromatic heterocycles. The van der Waals surface area contributed by atoms with Crippen molar-refractivity contribution >= 4 is 23.0 Å². The summed E-state index contributed by atoms with van der Waals surface area (Å²) in [6, 6.07) is 13.4. The summed E-state index contributed by atoms with van der Waals surface area (Å²) < 4.78 is 1.85. The first-order valence-electron chi connectivity index (χ1n) is 6.53. The van der Waals surface area contributed by atoms with E-state index in [1.54, 1.807) is 18.6 Å². The van der Waals surface area contributed by atoms with E-state index in [0.29, 0.717) is 5.69 Å². The van der Waals surface area contributed by atoms with Gasteiger partial charge in [0, 0.05) is 35.9 Å². The molecule has 21 heavy (non-hydrogen) atoms. The Labute approximate surface area is 121 Å². The predicted molar refractivity (Wildman–Crippen MR) is 82.2 cm³/mol. The zero-order chi connectivity index (χ0) is 14.7. The van der Waals surface area contributed by atoms with Crippen molar-refractivity contribution in [1.82, 2.24) is 15.0 Å². The Balaban J connectivity index is 1.78. The number of para-hydroxylation sites is 1. The number of benzene rings is 1. The lowest BCUT2D eigenvalue weighted by Crippen LogP contribution is -2.20. The second-order valence-electron chi connectivity index (χ2n) is 4.63. The van der Waals surface area contributed by atoms with Crippen LogP contribution in [-0.2, 0) is 7.05 Å². The maximum absolute atomic E-state index is 12.2. The van der Waals surface area contributed by atoms with Gasteiger partial charge in [-0.2, -0.15) is 5.10 Å². The van der Waals surface area contributed by atoms with Crippen molar-refractivity contribution in [2.45, 2.75) is 0 Å². The molecule has 5 nitrogen and oxygen atoms in total. The quantitative estimate of drug-likeness (QED) is 0.590. The number of amides is 1. The number of carbonyl (C=O) groups excluding carboxylic acids is 1. The molecular formula is C16H14N4O. The van der Waals surface area contributed by atoms with Crippen molar-refractivity contribution in [1.29, 1.82) is 0 Å². The highest BCUT2D eigenvalue weighted by Crippen LogP contribution is 2.17. The van der Waals surface area contributed by atoms with Crippen molar-refractivity contribution in [3.05, 3.63) is 66.1 Å². The predicted octanol–water partition coefficient (Wildman–Crippen LogP) is 2.34. The van der Waals surface area contributed by atoms with Crippen LogP contribution in [-0.4, -0.2) is 21.7 Å². The van der Waals surface area contributed by atoms with E-state index in [1.807, 2.05) is 54.1 Å². The molecule has 1 amide bonds. The van der Waals surface area contributed by atoms with Crippen molar-refractivity contribution < 1.29 is 4.79 Å². The van der Waals surface area contributed by atoms with E-state index >= 15 is 0 Å². The average Bonchev–Trinajstić information content (AvgIpc) is 2.86. The van der Waals surface area contributed by atoms with Crippen LogP contribution in [0.1, 0.15) is 16.1 Å². The van der Waals surface area contributed by atoms with E-state index < -0.39 is 0 Å². The number of hydrazone groups is 1. The summed E-state index contributed by atoms with van der Waals surface area (Å²) in [7, 11) is 1.86. The Morgan fingerprint density at radius 1 is 1.29 bits per heavy atom. The SMILES string of the molecule is Cn1c(C(=O)N/N=C/c2cccnc2)cc2ccccc21. The number of aryl methyl sites for hydroxylation is 1. The van der Waals surface area contributed by atoms with Gasteiger partial charge in [0.15, 0.2) is 0 Å². The second-order valence-corrected chi connectivity index (χ2v) is 4.63. The fraction of sp³-hybridized carbons (Fsp3) is 0.0625. The monoisotopic (exact) mass is 278 g/mol.